The third kappa shape index (κ3) is 5.32. The van der Waals surface area contributed by atoms with Crippen molar-refractivity contribution < 1.29 is 23.1 Å². The first-order valence-electron chi connectivity index (χ1n) is 10.9. The number of carbonyl (C=O) groups excluding carboxylic acids is 2. The number of rotatable bonds is 4. The van der Waals surface area contributed by atoms with Crippen molar-refractivity contribution >= 4 is 24.2 Å². The van der Waals surface area contributed by atoms with Gasteiger partial charge in [-0.1, -0.05) is 18.2 Å². The standard InChI is InChI=1S/C22H30F2N4O3.ClH/c1-22(23,24)13-27-10-8-14-6-7-18(28(14)21(30)16(25)12-27)20(29)26-17-9-11-31-19-5-3-2-4-15(17)19;/h2-5,14,16-18H,6-13,25H2,1H3,(H,26,29);1H/t14-,16+,17-,18+;/m1./s1. The van der Waals surface area contributed by atoms with E-state index in [0.29, 0.717) is 38.8 Å². The zero-order valence-electron chi connectivity index (χ0n) is 18.1. The lowest BCUT2D eigenvalue weighted by Gasteiger charge is -2.38. The predicted molar refractivity (Wildman–Crippen MR) is 118 cm³/mol. The smallest absolute Gasteiger partial charge is 0.257 e. The highest BCUT2D eigenvalue weighted by atomic mass is 35.5. The first-order valence-corrected chi connectivity index (χ1v) is 10.9. The van der Waals surface area contributed by atoms with Gasteiger partial charge < -0.3 is 20.7 Å². The van der Waals surface area contributed by atoms with Crippen molar-refractivity contribution in [2.45, 2.75) is 62.7 Å². The fourth-order valence-corrected chi connectivity index (χ4v) is 5.02. The molecule has 4 atom stereocenters. The molecule has 1 aromatic rings. The first kappa shape index (κ1) is 24.7. The van der Waals surface area contributed by atoms with Crippen LogP contribution in [0.5, 0.6) is 5.75 Å². The number of benzene rings is 1. The Balaban J connectivity index is 0.00000289. The molecule has 10 heteroatoms. The molecule has 4 rings (SSSR count). The molecule has 2 fully saturated rings. The quantitative estimate of drug-likeness (QED) is 0.700. The Kier molecular flexibility index (Phi) is 7.62. The van der Waals surface area contributed by atoms with Crippen LogP contribution >= 0.6 is 12.4 Å². The molecule has 2 amide bonds. The highest BCUT2D eigenvalue weighted by molar-refractivity contribution is 5.91. The number of para-hydroxylation sites is 1. The van der Waals surface area contributed by atoms with Gasteiger partial charge in [0.05, 0.1) is 25.2 Å². The van der Waals surface area contributed by atoms with Crippen LogP contribution in [-0.4, -0.2) is 71.9 Å². The number of halogens is 3. The largest absolute Gasteiger partial charge is 0.493 e. The molecule has 3 aliphatic rings. The van der Waals surface area contributed by atoms with Gasteiger partial charge in [0.2, 0.25) is 11.8 Å². The second kappa shape index (κ2) is 9.89. The summed E-state index contributed by atoms with van der Waals surface area (Å²) in [4.78, 5) is 29.4. The molecule has 1 aromatic carbocycles. The second-order valence-corrected chi connectivity index (χ2v) is 8.93. The lowest BCUT2D eigenvalue weighted by atomic mass is 10.00. The Morgan fingerprint density at radius 1 is 1.25 bits per heavy atom. The predicted octanol–water partition coefficient (Wildman–Crippen LogP) is 2.10. The van der Waals surface area contributed by atoms with Gasteiger partial charge in [-0.3, -0.25) is 14.5 Å². The maximum absolute atomic E-state index is 13.5. The Bertz CT molecular complexity index is 838. The third-order valence-electron chi connectivity index (χ3n) is 6.39. The lowest BCUT2D eigenvalue weighted by molar-refractivity contribution is -0.143. The molecule has 0 bridgehead atoms. The van der Waals surface area contributed by atoms with Crippen LogP contribution in [0.2, 0.25) is 0 Å². The number of carbonyl (C=O) groups is 2. The van der Waals surface area contributed by atoms with Crippen LogP contribution in [0.15, 0.2) is 24.3 Å². The van der Waals surface area contributed by atoms with Gasteiger partial charge in [0.25, 0.3) is 5.92 Å². The minimum absolute atomic E-state index is 0. The average Bonchev–Trinajstić information content (AvgIpc) is 3.13. The van der Waals surface area contributed by atoms with E-state index in [1.54, 1.807) is 9.80 Å². The van der Waals surface area contributed by atoms with Gasteiger partial charge in [-0.05, 0) is 25.3 Å². The average molecular weight is 473 g/mol. The summed E-state index contributed by atoms with van der Waals surface area (Å²) in [5.74, 6) is -2.61. The maximum atomic E-state index is 13.5. The first-order chi connectivity index (χ1) is 14.7. The van der Waals surface area contributed by atoms with E-state index in [-0.39, 0.29) is 42.8 Å². The molecule has 0 spiro atoms. The summed E-state index contributed by atoms with van der Waals surface area (Å²) in [6.45, 7) is 1.45. The van der Waals surface area contributed by atoms with E-state index in [9.17, 15) is 18.4 Å². The van der Waals surface area contributed by atoms with Gasteiger partial charge in [0.1, 0.15) is 11.8 Å². The minimum atomic E-state index is -2.85. The fourth-order valence-electron chi connectivity index (χ4n) is 5.02. The molecule has 3 heterocycles. The number of nitrogens with two attached hydrogens (primary N) is 1. The summed E-state index contributed by atoms with van der Waals surface area (Å²) in [5.41, 5.74) is 7.03. The molecule has 0 aliphatic carbocycles. The van der Waals surface area contributed by atoms with Crippen molar-refractivity contribution in [2.75, 3.05) is 26.2 Å². The van der Waals surface area contributed by atoms with Gasteiger partial charge in [0, 0.05) is 38.0 Å². The van der Waals surface area contributed by atoms with E-state index < -0.39 is 24.6 Å². The van der Waals surface area contributed by atoms with Gasteiger partial charge >= 0.3 is 0 Å². The molecule has 3 aliphatic heterocycles. The summed E-state index contributed by atoms with van der Waals surface area (Å²) in [6, 6.07) is 5.77. The lowest BCUT2D eigenvalue weighted by Crippen LogP contribution is -2.59. The van der Waals surface area contributed by atoms with E-state index in [0.717, 1.165) is 18.2 Å². The van der Waals surface area contributed by atoms with Gasteiger partial charge in [-0.2, -0.15) is 0 Å². The van der Waals surface area contributed by atoms with Gasteiger partial charge in [-0.25, -0.2) is 8.78 Å². The number of nitrogens with one attached hydrogen (secondary N) is 1. The molecule has 0 unspecified atom stereocenters. The highest BCUT2D eigenvalue weighted by Gasteiger charge is 2.44. The normalized spacial score (nSPS) is 28.5. The fraction of sp³-hybridized carbons (Fsp3) is 0.636. The van der Waals surface area contributed by atoms with E-state index in [4.69, 9.17) is 10.5 Å². The summed E-state index contributed by atoms with van der Waals surface area (Å²) in [5, 5.41) is 3.10. The van der Waals surface area contributed by atoms with Gasteiger partial charge in [-0.15, -0.1) is 12.4 Å². The van der Waals surface area contributed by atoms with Crippen molar-refractivity contribution in [2.24, 2.45) is 5.73 Å². The van der Waals surface area contributed by atoms with Crippen molar-refractivity contribution in [3.63, 3.8) is 0 Å². The molecule has 0 radical (unpaired) electrons. The van der Waals surface area contributed by atoms with Crippen LogP contribution in [-0.2, 0) is 9.59 Å². The monoisotopic (exact) mass is 472 g/mol. The number of hydrogen-bond donors (Lipinski definition) is 2. The number of fused-ring (bicyclic) bond motifs is 2. The number of alkyl halides is 2. The Morgan fingerprint density at radius 3 is 2.75 bits per heavy atom. The Labute approximate surface area is 193 Å². The molecule has 178 valence electrons. The van der Waals surface area contributed by atoms with Crippen LogP contribution in [0.4, 0.5) is 8.78 Å². The summed E-state index contributed by atoms with van der Waals surface area (Å²) in [6.07, 6.45) is 2.42. The van der Waals surface area contributed by atoms with E-state index in [1.807, 2.05) is 24.3 Å². The molecule has 32 heavy (non-hydrogen) atoms. The number of ether oxygens (including phenoxy) is 1. The van der Waals surface area contributed by atoms with Crippen LogP contribution < -0.4 is 15.8 Å². The van der Waals surface area contributed by atoms with E-state index >= 15 is 0 Å². The van der Waals surface area contributed by atoms with Crippen LogP contribution in [0, 0.1) is 0 Å². The van der Waals surface area contributed by atoms with E-state index in [2.05, 4.69) is 5.32 Å². The molecule has 2 saturated heterocycles. The van der Waals surface area contributed by atoms with Crippen LogP contribution in [0.25, 0.3) is 0 Å². The summed E-state index contributed by atoms with van der Waals surface area (Å²) in [7, 11) is 0. The van der Waals surface area contributed by atoms with Gasteiger partial charge in [0.15, 0.2) is 0 Å². The molecule has 0 aromatic heterocycles. The van der Waals surface area contributed by atoms with Crippen LogP contribution in [0.1, 0.15) is 44.2 Å². The van der Waals surface area contributed by atoms with Crippen LogP contribution in [0.3, 0.4) is 0 Å². The molecule has 0 saturated carbocycles. The van der Waals surface area contributed by atoms with Crippen molar-refractivity contribution in [3.05, 3.63) is 29.8 Å². The topological polar surface area (TPSA) is 87.9 Å². The minimum Gasteiger partial charge on any atom is -0.493 e. The van der Waals surface area contributed by atoms with E-state index in [1.165, 1.54) is 0 Å². The second-order valence-electron chi connectivity index (χ2n) is 8.93. The summed E-state index contributed by atoms with van der Waals surface area (Å²) >= 11 is 0. The van der Waals surface area contributed by atoms with Crippen molar-refractivity contribution in [1.82, 2.24) is 15.1 Å². The summed E-state index contributed by atoms with van der Waals surface area (Å²) < 4.78 is 32.6. The maximum Gasteiger partial charge on any atom is 0.257 e. The number of hydrogen-bond acceptors (Lipinski definition) is 5. The van der Waals surface area contributed by atoms with Crippen molar-refractivity contribution in [3.8, 4) is 5.75 Å². The molecular formula is C22H31ClF2N4O3. The number of nitrogens with zero attached hydrogens (tertiary/aromatic N) is 2. The highest BCUT2D eigenvalue weighted by Crippen LogP contribution is 2.33. The number of amides is 2. The molecular weight excluding hydrogens is 442 g/mol. The Morgan fingerprint density at radius 2 is 2.00 bits per heavy atom. The SMILES string of the molecule is CC(F)(F)CN1CC[C@H]2CC[C@@H](C(=O)N[C@@H]3CCOc4ccccc43)N2C(=O)[C@@H](N)C1.Cl. The Hall–Kier alpha value is -1.97. The third-order valence-corrected chi connectivity index (χ3v) is 6.39. The van der Waals surface area contributed by atoms with Crippen molar-refractivity contribution in [1.29, 1.82) is 0 Å². The zero-order chi connectivity index (χ0) is 22.2. The molecule has 7 nitrogen and oxygen atoms in total. The molecule has 3 N–H and O–H groups in total. The zero-order valence-corrected chi connectivity index (χ0v) is 19.0.